The van der Waals surface area contributed by atoms with Crippen LogP contribution in [0.5, 0.6) is 0 Å². The number of rotatable bonds is 7. The van der Waals surface area contributed by atoms with Crippen LogP contribution < -0.4 is 5.32 Å². The molecule has 0 saturated carbocycles. The van der Waals surface area contributed by atoms with Crippen molar-refractivity contribution in [2.45, 2.75) is 24.0 Å². The molecule has 1 rings (SSSR count). The van der Waals surface area contributed by atoms with Gasteiger partial charge in [0.1, 0.15) is 4.21 Å². The summed E-state index contributed by atoms with van der Waals surface area (Å²) in [6.45, 7) is 1.90. The second kappa shape index (κ2) is 6.85. The van der Waals surface area contributed by atoms with E-state index in [0.29, 0.717) is 12.8 Å². The molecule has 20 heavy (non-hydrogen) atoms. The molecule has 0 bridgehead atoms. The van der Waals surface area contributed by atoms with Crippen molar-refractivity contribution >= 4 is 33.1 Å². The van der Waals surface area contributed by atoms with E-state index in [1.807, 2.05) is 6.92 Å². The number of amides is 1. The quantitative estimate of drug-likeness (QED) is 0.791. The molecular formula is C12H17NO5S2. The molecule has 0 fully saturated rings. The van der Waals surface area contributed by atoms with Crippen molar-refractivity contribution in [3.05, 3.63) is 17.0 Å². The lowest BCUT2D eigenvalue weighted by molar-refractivity contribution is -0.141. The minimum atomic E-state index is -3.32. The number of hydrogen-bond donors (Lipinski definition) is 2. The smallest absolute Gasteiger partial charge is 0.308 e. The number of sulfone groups is 1. The minimum Gasteiger partial charge on any atom is -0.481 e. The van der Waals surface area contributed by atoms with Gasteiger partial charge in [-0.1, -0.05) is 13.3 Å². The summed E-state index contributed by atoms with van der Waals surface area (Å²) in [6.07, 6.45) is 2.26. The Bertz CT molecular complexity index is 591. The fraction of sp³-hybridized carbons (Fsp3) is 0.500. The topological polar surface area (TPSA) is 101 Å². The Morgan fingerprint density at radius 1 is 1.45 bits per heavy atom. The molecule has 1 amide bonds. The number of thiophene rings is 1. The van der Waals surface area contributed by atoms with Crippen molar-refractivity contribution in [2.24, 2.45) is 5.92 Å². The first-order valence-electron chi connectivity index (χ1n) is 6.05. The number of hydrogen-bond acceptors (Lipinski definition) is 5. The molecule has 1 aromatic rings. The van der Waals surface area contributed by atoms with Crippen LogP contribution in [0.1, 0.15) is 30.1 Å². The molecule has 112 valence electrons. The molecule has 6 nitrogen and oxygen atoms in total. The van der Waals surface area contributed by atoms with Gasteiger partial charge in [-0.25, -0.2) is 8.42 Å². The maximum absolute atomic E-state index is 11.8. The molecule has 8 heteroatoms. The second-order valence-electron chi connectivity index (χ2n) is 4.46. The Balaban J connectivity index is 2.67. The number of carbonyl (C=O) groups excluding carboxylic acids is 1. The van der Waals surface area contributed by atoms with E-state index in [-0.39, 0.29) is 16.3 Å². The molecule has 1 aromatic heterocycles. The van der Waals surface area contributed by atoms with Gasteiger partial charge in [0.05, 0.1) is 11.5 Å². The number of nitrogens with one attached hydrogen (secondary N) is 1. The van der Waals surface area contributed by atoms with E-state index in [4.69, 9.17) is 5.11 Å². The summed E-state index contributed by atoms with van der Waals surface area (Å²) in [5.41, 5.74) is 0.232. The largest absolute Gasteiger partial charge is 0.481 e. The Morgan fingerprint density at radius 3 is 2.55 bits per heavy atom. The number of aliphatic carboxylic acids is 1. The van der Waals surface area contributed by atoms with E-state index in [2.05, 4.69) is 5.32 Å². The molecule has 0 aliphatic heterocycles. The van der Waals surface area contributed by atoms with Gasteiger partial charge in [0, 0.05) is 18.2 Å². The van der Waals surface area contributed by atoms with Crippen molar-refractivity contribution in [3.63, 3.8) is 0 Å². The fourth-order valence-electron chi connectivity index (χ4n) is 1.61. The normalized spacial score (nSPS) is 12.9. The van der Waals surface area contributed by atoms with Gasteiger partial charge in [-0.3, -0.25) is 9.59 Å². The SMILES string of the molecule is CCCC(CNC(=O)c1csc(S(C)(=O)=O)c1)C(=O)O. The minimum absolute atomic E-state index is 0.0338. The van der Waals surface area contributed by atoms with Crippen LogP contribution in [0.4, 0.5) is 0 Å². The van der Waals surface area contributed by atoms with Gasteiger partial charge < -0.3 is 10.4 Å². The maximum Gasteiger partial charge on any atom is 0.308 e. The van der Waals surface area contributed by atoms with Crippen LogP contribution in [0.15, 0.2) is 15.7 Å². The lowest BCUT2D eigenvalue weighted by atomic mass is 10.0. The Hall–Kier alpha value is -1.41. The third-order valence-corrected chi connectivity index (χ3v) is 5.47. The third kappa shape index (κ3) is 4.61. The molecule has 1 unspecified atom stereocenters. The second-order valence-corrected chi connectivity index (χ2v) is 7.61. The highest BCUT2D eigenvalue weighted by molar-refractivity contribution is 7.92. The first-order chi connectivity index (χ1) is 9.25. The predicted octanol–water partition coefficient (Wildman–Crippen LogP) is 1.38. The zero-order chi connectivity index (χ0) is 15.3. The van der Waals surface area contributed by atoms with E-state index in [1.54, 1.807) is 0 Å². The summed E-state index contributed by atoms with van der Waals surface area (Å²) in [5, 5.41) is 12.9. The Morgan fingerprint density at radius 2 is 2.10 bits per heavy atom. The van der Waals surface area contributed by atoms with Crippen LogP contribution in [0, 0.1) is 5.92 Å². The summed E-state index contributed by atoms with van der Waals surface area (Å²) in [5.74, 6) is -2.04. The van der Waals surface area contributed by atoms with E-state index in [0.717, 1.165) is 17.6 Å². The van der Waals surface area contributed by atoms with Gasteiger partial charge in [0.25, 0.3) is 5.91 Å². The van der Waals surface area contributed by atoms with Crippen molar-refractivity contribution in [1.82, 2.24) is 5.32 Å². The van der Waals surface area contributed by atoms with E-state index in [1.165, 1.54) is 11.4 Å². The van der Waals surface area contributed by atoms with E-state index < -0.39 is 27.6 Å². The van der Waals surface area contributed by atoms with Crippen LogP contribution in [0.25, 0.3) is 0 Å². The van der Waals surface area contributed by atoms with Gasteiger partial charge in [-0.05, 0) is 12.5 Å². The van der Waals surface area contributed by atoms with Crippen LogP contribution in [0.3, 0.4) is 0 Å². The summed E-state index contributed by atoms with van der Waals surface area (Å²) < 4.78 is 22.7. The van der Waals surface area contributed by atoms with E-state index in [9.17, 15) is 18.0 Å². The van der Waals surface area contributed by atoms with Gasteiger partial charge in [-0.15, -0.1) is 11.3 Å². The van der Waals surface area contributed by atoms with Crippen molar-refractivity contribution in [2.75, 3.05) is 12.8 Å². The fourth-order valence-corrected chi connectivity index (χ4v) is 3.41. The molecule has 1 atom stereocenters. The lowest BCUT2D eigenvalue weighted by Gasteiger charge is -2.11. The average Bonchev–Trinajstić information content (AvgIpc) is 2.83. The highest BCUT2D eigenvalue weighted by atomic mass is 32.2. The summed E-state index contributed by atoms with van der Waals surface area (Å²) in [6, 6.07) is 1.30. The Labute approximate surface area is 121 Å². The highest BCUT2D eigenvalue weighted by Gasteiger charge is 2.19. The van der Waals surface area contributed by atoms with E-state index >= 15 is 0 Å². The van der Waals surface area contributed by atoms with Crippen LogP contribution in [0.2, 0.25) is 0 Å². The molecule has 0 aliphatic carbocycles. The molecule has 0 aromatic carbocycles. The molecule has 0 saturated heterocycles. The molecule has 0 aliphatic rings. The summed E-state index contributed by atoms with van der Waals surface area (Å²) >= 11 is 0.971. The lowest BCUT2D eigenvalue weighted by Crippen LogP contribution is -2.32. The predicted molar refractivity (Wildman–Crippen MR) is 75.8 cm³/mol. The standard InChI is InChI=1S/C12H17NO5S2/c1-3-4-8(12(15)16)6-13-11(14)9-5-10(19-7-9)20(2,17)18/h5,7-8H,3-4,6H2,1-2H3,(H,13,14)(H,15,16). The Kier molecular flexibility index (Phi) is 5.70. The van der Waals surface area contributed by atoms with Crippen LogP contribution in [-0.4, -0.2) is 38.2 Å². The average molecular weight is 319 g/mol. The zero-order valence-electron chi connectivity index (χ0n) is 11.3. The van der Waals surface area contributed by atoms with Gasteiger partial charge >= 0.3 is 5.97 Å². The molecule has 2 N–H and O–H groups in total. The zero-order valence-corrected chi connectivity index (χ0v) is 12.9. The number of carboxylic acids is 1. The van der Waals surface area contributed by atoms with Crippen molar-refractivity contribution in [1.29, 1.82) is 0 Å². The highest BCUT2D eigenvalue weighted by Crippen LogP contribution is 2.20. The first kappa shape index (κ1) is 16.6. The van der Waals surface area contributed by atoms with Crippen molar-refractivity contribution in [3.8, 4) is 0 Å². The van der Waals surface area contributed by atoms with Crippen molar-refractivity contribution < 1.29 is 23.1 Å². The number of carboxylic acid groups (broad SMARTS) is 1. The monoisotopic (exact) mass is 319 g/mol. The summed E-state index contributed by atoms with van der Waals surface area (Å²) in [4.78, 5) is 22.8. The molecule has 1 heterocycles. The van der Waals surface area contributed by atoms with Gasteiger partial charge in [0.15, 0.2) is 9.84 Å². The molecule has 0 radical (unpaired) electrons. The van der Waals surface area contributed by atoms with Gasteiger partial charge in [0.2, 0.25) is 0 Å². The first-order valence-corrected chi connectivity index (χ1v) is 8.82. The third-order valence-electron chi connectivity index (χ3n) is 2.70. The molecule has 0 spiro atoms. The van der Waals surface area contributed by atoms with Crippen LogP contribution >= 0.6 is 11.3 Å². The maximum atomic E-state index is 11.8. The van der Waals surface area contributed by atoms with Crippen LogP contribution in [-0.2, 0) is 14.6 Å². The molecular weight excluding hydrogens is 302 g/mol. The summed E-state index contributed by atoms with van der Waals surface area (Å²) in [7, 11) is -3.32. The van der Waals surface area contributed by atoms with Gasteiger partial charge in [-0.2, -0.15) is 0 Å². The number of carbonyl (C=O) groups is 2.